The first-order valence-electron chi connectivity index (χ1n) is 8.36. The number of rotatable bonds is 4. The second-order valence-electron chi connectivity index (χ2n) is 6.18. The first kappa shape index (κ1) is 17.1. The summed E-state index contributed by atoms with van der Waals surface area (Å²) in [6.07, 6.45) is 3.36. The third-order valence-corrected chi connectivity index (χ3v) is 4.56. The van der Waals surface area contributed by atoms with Gasteiger partial charge in [0.1, 0.15) is 5.82 Å². The molecule has 0 aliphatic carbocycles. The predicted octanol–water partition coefficient (Wildman–Crippen LogP) is 2.51. The number of likely N-dealkylation sites (tertiary alicyclic amines) is 1. The van der Waals surface area contributed by atoms with Gasteiger partial charge in [-0.3, -0.25) is 9.59 Å². The third-order valence-electron chi connectivity index (χ3n) is 4.56. The molecule has 0 saturated carbocycles. The Labute approximate surface area is 144 Å². The van der Waals surface area contributed by atoms with E-state index < -0.39 is 11.9 Å². The molecular weight excluding hydrogens is 325 g/mol. The molecular formula is C18H20FN3O3. The topological polar surface area (TPSA) is 75.4 Å². The molecule has 25 heavy (non-hydrogen) atoms. The Morgan fingerprint density at radius 2 is 2.04 bits per heavy atom. The quantitative estimate of drug-likeness (QED) is 0.924. The number of aliphatic carboxylic acids is 1. The number of halogens is 1. The second-order valence-corrected chi connectivity index (χ2v) is 6.18. The van der Waals surface area contributed by atoms with Crippen LogP contribution in [0.3, 0.4) is 0 Å². The van der Waals surface area contributed by atoms with Gasteiger partial charge in [-0.2, -0.15) is 5.10 Å². The van der Waals surface area contributed by atoms with Crippen molar-refractivity contribution in [2.24, 2.45) is 5.92 Å². The van der Waals surface area contributed by atoms with Crippen molar-refractivity contribution in [2.75, 3.05) is 13.1 Å². The lowest BCUT2D eigenvalue weighted by Gasteiger charge is -2.30. The van der Waals surface area contributed by atoms with E-state index in [2.05, 4.69) is 5.10 Å². The first-order chi connectivity index (χ1) is 12.0. The van der Waals surface area contributed by atoms with Crippen LogP contribution in [0, 0.1) is 11.7 Å². The van der Waals surface area contributed by atoms with Crippen LogP contribution in [0.1, 0.15) is 35.8 Å². The molecule has 1 aromatic heterocycles. The van der Waals surface area contributed by atoms with E-state index in [0.717, 1.165) is 5.69 Å². The zero-order chi connectivity index (χ0) is 18.0. The summed E-state index contributed by atoms with van der Waals surface area (Å²) in [5.41, 5.74) is 1.88. The highest BCUT2D eigenvalue weighted by molar-refractivity contribution is 5.95. The lowest BCUT2D eigenvalue weighted by molar-refractivity contribution is -0.143. The van der Waals surface area contributed by atoms with Crippen molar-refractivity contribution in [3.05, 3.63) is 47.5 Å². The van der Waals surface area contributed by atoms with Crippen LogP contribution in [0.15, 0.2) is 30.5 Å². The lowest BCUT2D eigenvalue weighted by Crippen LogP contribution is -2.42. The van der Waals surface area contributed by atoms with E-state index >= 15 is 0 Å². The van der Waals surface area contributed by atoms with Crippen molar-refractivity contribution in [1.82, 2.24) is 14.7 Å². The van der Waals surface area contributed by atoms with Crippen LogP contribution in [0.25, 0.3) is 5.69 Å². The van der Waals surface area contributed by atoms with Crippen LogP contribution in [0.2, 0.25) is 0 Å². The smallest absolute Gasteiger partial charge is 0.308 e. The van der Waals surface area contributed by atoms with Crippen molar-refractivity contribution < 1.29 is 19.1 Å². The largest absolute Gasteiger partial charge is 0.481 e. The van der Waals surface area contributed by atoms with Crippen molar-refractivity contribution in [3.8, 4) is 5.69 Å². The molecule has 6 nitrogen and oxygen atoms in total. The standard InChI is InChI=1S/C18H20FN3O3/c1-2-16-15(10-20-22(16)14-7-5-13(19)6-8-14)17(23)21-9-3-4-12(11-21)18(24)25/h5-8,10,12H,2-4,9,11H2,1H3,(H,24,25). The van der Waals surface area contributed by atoms with Crippen molar-refractivity contribution >= 4 is 11.9 Å². The average Bonchev–Trinajstić information content (AvgIpc) is 3.05. The van der Waals surface area contributed by atoms with Crippen molar-refractivity contribution in [3.63, 3.8) is 0 Å². The molecule has 0 spiro atoms. The third kappa shape index (κ3) is 3.40. The van der Waals surface area contributed by atoms with Gasteiger partial charge in [0.25, 0.3) is 5.91 Å². The molecule has 1 amide bonds. The summed E-state index contributed by atoms with van der Waals surface area (Å²) in [7, 11) is 0. The van der Waals surface area contributed by atoms with E-state index in [1.165, 1.54) is 18.3 Å². The number of carbonyl (C=O) groups is 2. The fourth-order valence-electron chi connectivity index (χ4n) is 3.23. The fraction of sp³-hybridized carbons (Fsp3) is 0.389. The molecule has 1 aliphatic heterocycles. The van der Waals surface area contributed by atoms with Gasteiger partial charge in [-0.15, -0.1) is 0 Å². The molecule has 1 unspecified atom stereocenters. The van der Waals surface area contributed by atoms with E-state index in [9.17, 15) is 19.1 Å². The number of carboxylic acids is 1. The maximum Gasteiger partial charge on any atom is 0.308 e. The van der Waals surface area contributed by atoms with Gasteiger partial charge in [-0.05, 0) is 43.5 Å². The molecule has 1 aromatic carbocycles. The van der Waals surface area contributed by atoms with E-state index in [1.54, 1.807) is 21.7 Å². The number of benzene rings is 1. The van der Waals surface area contributed by atoms with Crippen LogP contribution >= 0.6 is 0 Å². The monoisotopic (exact) mass is 345 g/mol. The van der Waals surface area contributed by atoms with Gasteiger partial charge in [0.15, 0.2) is 0 Å². The summed E-state index contributed by atoms with van der Waals surface area (Å²) < 4.78 is 14.8. The molecule has 1 aliphatic rings. The molecule has 3 rings (SSSR count). The summed E-state index contributed by atoms with van der Waals surface area (Å²) in [4.78, 5) is 25.7. The van der Waals surface area contributed by atoms with Crippen LogP contribution in [0.5, 0.6) is 0 Å². The van der Waals surface area contributed by atoms with Gasteiger partial charge in [-0.1, -0.05) is 6.92 Å². The molecule has 1 atom stereocenters. The predicted molar refractivity (Wildman–Crippen MR) is 89.2 cm³/mol. The Kier molecular flexibility index (Phi) is 4.83. The summed E-state index contributed by atoms with van der Waals surface area (Å²) in [5.74, 6) is -1.92. The summed E-state index contributed by atoms with van der Waals surface area (Å²) in [6, 6.07) is 5.91. The SMILES string of the molecule is CCc1c(C(=O)N2CCCC(C(=O)O)C2)cnn1-c1ccc(F)cc1. The number of piperidine rings is 1. The maximum atomic E-state index is 13.1. The normalized spacial score (nSPS) is 17.5. The molecule has 2 aromatic rings. The van der Waals surface area contributed by atoms with Crippen LogP contribution in [-0.4, -0.2) is 44.8 Å². The van der Waals surface area contributed by atoms with Crippen LogP contribution in [-0.2, 0) is 11.2 Å². The first-order valence-corrected chi connectivity index (χ1v) is 8.36. The molecule has 1 N–H and O–H groups in total. The van der Waals surface area contributed by atoms with Gasteiger partial charge in [0.05, 0.1) is 29.1 Å². The highest BCUT2D eigenvalue weighted by Crippen LogP contribution is 2.22. The number of aromatic nitrogens is 2. The maximum absolute atomic E-state index is 13.1. The second kappa shape index (κ2) is 7.04. The van der Waals surface area contributed by atoms with Crippen LogP contribution in [0.4, 0.5) is 4.39 Å². The molecule has 2 heterocycles. The van der Waals surface area contributed by atoms with Crippen molar-refractivity contribution in [2.45, 2.75) is 26.2 Å². The minimum Gasteiger partial charge on any atom is -0.481 e. The van der Waals surface area contributed by atoms with Crippen LogP contribution < -0.4 is 0 Å². The highest BCUT2D eigenvalue weighted by Gasteiger charge is 2.30. The Balaban J connectivity index is 1.88. The molecule has 0 bridgehead atoms. The molecule has 132 valence electrons. The van der Waals surface area contributed by atoms with Gasteiger partial charge < -0.3 is 10.0 Å². The van der Waals surface area contributed by atoms with Gasteiger partial charge in [0.2, 0.25) is 0 Å². The number of hydrogen-bond donors (Lipinski definition) is 1. The minimum absolute atomic E-state index is 0.198. The highest BCUT2D eigenvalue weighted by atomic mass is 19.1. The van der Waals surface area contributed by atoms with Gasteiger partial charge in [0, 0.05) is 13.1 Å². The minimum atomic E-state index is -0.866. The molecule has 7 heteroatoms. The number of hydrogen-bond acceptors (Lipinski definition) is 3. The zero-order valence-corrected chi connectivity index (χ0v) is 14.0. The van der Waals surface area contributed by atoms with E-state index in [-0.39, 0.29) is 18.3 Å². The van der Waals surface area contributed by atoms with Crippen molar-refractivity contribution in [1.29, 1.82) is 0 Å². The van der Waals surface area contributed by atoms with Gasteiger partial charge >= 0.3 is 5.97 Å². The Morgan fingerprint density at radius 3 is 2.68 bits per heavy atom. The number of carboxylic acid groups (broad SMARTS) is 1. The zero-order valence-electron chi connectivity index (χ0n) is 14.0. The summed E-state index contributed by atoms with van der Waals surface area (Å²) in [5, 5.41) is 13.5. The molecule has 0 radical (unpaired) electrons. The van der Waals surface area contributed by atoms with E-state index in [0.29, 0.717) is 37.1 Å². The Hall–Kier alpha value is -2.70. The Bertz CT molecular complexity index is 785. The fourth-order valence-corrected chi connectivity index (χ4v) is 3.23. The summed E-state index contributed by atoms with van der Waals surface area (Å²) >= 11 is 0. The lowest BCUT2D eigenvalue weighted by atomic mass is 9.97. The van der Waals surface area contributed by atoms with E-state index in [1.807, 2.05) is 6.92 Å². The number of carbonyl (C=O) groups excluding carboxylic acids is 1. The number of amides is 1. The molecule has 1 fully saturated rings. The van der Waals surface area contributed by atoms with Gasteiger partial charge in [-0.25, -0.2) is 9.07 Å². The average molecular weight is 345 g/mol. The number of nitrogens with zero attached hydrogens (tertiary/aromatic N) is 3. The van der Waals surface area contributed by atoms with E-state index in [4.69, 9.17) is 0 Å². The Morgan fingerprint density at radius 1 is 1.32 bits per heavy atom. The molecule has 1 saturated heterocycles. The summed E-state index contributed by atoms with van der Waals surface area (Å²) in [6.45, 7) is 2.69.